The highest BCUT2D eigenvalue weighted by Crippen LogP contribution is 1.97. The lowest BCUT2D eigenvalue weighted by atomic mass is 10.4. The molecular formula is C12H18N2. The summed E-state index contributed by atoms with van der Waals surface area (Å²) in [5, 5.41) is 0. The van der Waals surface area contributed by atoms with Crippen molar-refractivity contribution in [3.63, 3.8) is 0 Å². The van der Waals surface area contributed by atoms with Gasteiger partial charge in [-0.2, -0.15) is 0 Å². The van der Waals surface area contributed by atoms with Crippen molar-refractivity contribution in [3.8, 4) is 0 Å². The van der Waals surface area contributed by atoms with Gasteiger partial charge in [-0.3, -0.25) is 0 Å². The van der Waals surface area contributed by atoms with Crippen LogP contribution in [0.3, 0.4) is 0 Å². The minimum Gasteiger partial charge on any atom is -0.365 e. The average Bonchev–Trinajstić information content (AvgIpc) is 2.63. The van der Waals surface area contributed by atoms with Crippen molar-refractivity contribution in [2.45, 2.75) is 27.7 Å². The highest BCUT2D eigenvalue weighted by atomic mass is 14.7. The molecule has 0 radical (unpaired) electrons. The molecule has 76 valence electrons. The summed E-state index contributed by atoms with van der Waals surface area (Å²) >= 11 is 0. The van der Waals surface area contributed by atoms with Gasteiger partial charge in [0.05, 0.1) is 0 Å². The van der Waals surface area contributed by atoms with Crippen molar-refractivity contribution in [3.05, 3.63) is 47.0 Å². The first kappa shape index (κ1) is 10.6. The third kappa shape index (κ3) is 3.52. The molecule has 0 saturated carbocycles. The first-order valence-electron chi connectivity index (χ1n) is 4.82. The predicted octanol–water partition coefficient (Wildman–Crippen LogP) is 3.26. The summed E-state index contributed by atoms with van der Waals surface area (Å²) in [4.78, 5) is 6.21. The van der Waals surface area contributed by atoms with E-state index in [9.17, 15) is 0 Å². The van der Waals surface area contributed by atoms with E-state index >= 15 is 0 Å². The molecule has 0 spiro atoms. The molecule has 14 heavy (non-hydrogen) atoms. The SMILES string of the molecule is Cc1c[nH]c(C)c1.Cc1ccc(C)[nH]1. The second kappa shape index (κ2) is 4.70. The smallest absolute Gasteiger partial charge is 0.0118 e. The van der Waals surface area contributed by atoms with Crippen LogP contribution in [0.15, 0.2) is 24.4 Å². The minimum absolute atomic E-state index is 1.23. The third-order valence-electron chi connectivity index (χ3n) is 1.95. The summed E-state index contributed by atoms with van der Waals surface area (Å²) < 4.78 is 0. The summed E-state index contributed by atoms with van der Waals surface area (Å²) in [6.07, 6.45) is 2.00. The van der Waals surface area contributed by atoms with Gasteiger partial charge in [0, 0.05) is 23.3 Å². The Bertz CT molecular complexity index is 311. The van der Waals surface area contributed by atoms with E-state index in [2.05, 4.69) is 35.1 Å². The second-order valence-corrected chi connectivity index (χ2v) is 3.68. The van der Waals surface area contributed by atoms with Crippen LogP contribution in [0.1, 0.15) is 22.6 Å². The summed E-state index contributed by atoms with van der Waals surface area (Å²) in [6.45, 7) is 8.22. The quantitative estimate of drug-likeness (QED) is 0.639. The van der Waals surface area contributed by atoms with Gasteiger partial charge in [0.1, 0.15) is 0 Å². The second-order valence-electron chi connectivity index (χ2n) is 3.68. The number of rotatable bonds is 0. The molecule has 0 aliphatic rings. The standard InChI is InChI=1S/2C6H9N/c1-5-3-6(2)7-4-5;1-5-3-4-6(2)7-5/h2*3-4,7H,1-2H3. The number of aryl methyl sites for hydroxylation is 4. The zero-order chi connectivity index (χ0) is 10.6. The molecule has 0 fully saturated rings. The van der Waals surface area contributed by atoms with E-state index in [-0.39, 0.29) is 0 Å². The van der Waals surface area contributed by atoms with E-state index in [0.29, 0.717) is 0 Å². The Hall–Kier alpha value is -1.44. The first-order valence-corrected chi connectivity index (χ1v) is 4.82. The van der Waals surface area contributed by atoms with Gasteiger partial charge in [-0.05, 0) is 51.5 Å². The molecule has 2 aromatic rings. The number of nitrogens with one attached hydrogen (secondary N) is 2. The third-order valence-corrected chi connectivity index (χ3v) is 1.95. The zero-order valence-electron chi connectivity index (χ0n) is 9.31. The van der Waals surface area contributed by atoms with Crippen molar-refractivity contribution >= 4 is 0 Å². The molecule has 2 aromatic heterocycles. The highest BCUT2D eigenvalue weighted by molar-refractivity contribution is 5.12. The van der Waals surface area contributed by atoms with Gasteiger partial charge in [-0.1, -0.05) is 0 Å². The van der Waals surface area contributed by atoms with Gasteiger partial charge in [0.25, 0.3) is 0 Å². The summed E-state index contributed by atoms with van der Waals surface area (Å²) in [5.41, 5.74) is 5.00. The molecule has 0 atom stereocenters. The van der Waals surface area contributed by atoms with Gasteiger partial charge < -0.3 is 9.97 Å². The van der Waals surface area contributed by atoms with Crippen LogP contribution in [0.5, 0.6) is 0 Å². The number of hydrogen-bond donors (Lipinski definition) is 2. The lowest BCUT2D eigenvalue weighted by Gasteiger charge is -1.77. The Morgan fingerprint density at radius 2 is 1.43 bits per heavy atom. The van der Waals surface area contributed by atoms with Crippen LogP contribution in [0.25, 0.3) is 0 Å². The Morgan fingerprint density at radius 3 is 1.57 bits per heavy atom. The fourth-order valence-electron chi connectivity index (χ4n) is 1.30. The van der Waals surface area contributed by atoms with Crippen LogP contribution < -0.4 is 0 Å². The molecular weight excluding hydrogens is 172 g/mol. The van der Waals surface area contributed by atoms with Crippen LogP contribution in [-0.4, -0.2) is 9.97 Å². The van der Waals surface area contributed by atoms with E-state index in [1.54, 1.807) is 0 Å². The van der Waals surface area contributed by atoms with Gasteiger partial charge >= 0.3 is 0 Å². The predicted molar refractivity (Wildman–Crippen MR) is 60.5 cm³/mol. The topological polar surface area (TPSA) is 31.6 Å². The monoisotopic (exact) mass is 190 g/mol. The van der Waals surface area contributed by atoms with Crippen LogP contribution in [0.2, 0.25) is 0 Å². The summed E-state index contributed by atoms with van der Waals surface area (Å²) in [7, 11) is 0. The Morgan fingerprint density at radius 1 is 0.857 bits per heavy atom. The Kier molecular flexibility index (Phi) is 3.57. The molecule has 0 aliphatic heterocycles. The molecule has 2 N–H and O–H groups in total. The van der Waals surface area contributed by atoms with Crippen molar-refractivity contribution in [1.82, 2.24) is 9.97 Å². The molecule has 0 saturated heterocycles. The molecule has 2 nitrogen and oxygen atoms in total. The first-order chi connectivity index (χ1) is 6.58. The van der Waals surface area contributed by atoms with Gasteiger partial charge in [-0.25, -0.2) is 0 Å². The van der Waals surface area contributed by atoms with E-state index in [1.165, 1.54) is 22.6 Å². The van der Waals surface area contributed by atoms with E-state index in [4.69, 9.17) is 0 Å². The van der Waals surface area contributed by atoms with Crippen LogP contribution in [0.4, 0.5) is 0 Å². The molecule has 0 bridgehead atoms. The molecule has 0 unspecified atom stereocenters. The van der Waals surface area contributed by atoms with E-state index in [0.717, 1.165) is 0 Å². The van der Waals surface area contributed by atoms with Crippen molar-refractivity contribution in [2.75, 3.05) is 0 Å². The molecule has 0 aromatic carbocycles. The average molecular weight is 190 g/mol. The Labute approximate surface area is 85.4 Å². The van der Waals surface area contributed by atoms with Crippen molar-refractivity contribution < 1.29 is 0 Å². The number of aromatic nitrogens is 2. The maximum atomic E-state index is 3.14. The number of H-pyrrole nitrogens is 2. The maximum absolute atomic E-state index is 3.14. The van der Waals surface area contributed by atoms with Crippen molar-refractivity contribution in [1.29, 1.82) is 0 Å². The number of aromatic amines is 2. The van der Waals surface area contributed by atoms with Crippen molar-refractivity contribution in [2.24, 2.45) is 0 Å². The summed E-state index contributed by atoms with van der Waals surface area (Å²) in [6, 6.07) is 6.24. The van der Waals surface area contributed by atoms with Gasteiger partial charge in [0.15, 0.2) is 0 Å². The van der Waals surface area contributed by atoms with Crippen LogP contribution >= 0.6 is 0 Å². The molecule has 0 amide bonds. The van der Waals surface area contributed by atoms with Crippen LogP contribution in [0, 0.1) is 27.7 Å². The normalized spacial score (nSPS) is 9.43. The fourth-order valence-corrected chi connectivity index (χ4v) is 1.30. The van der Waals surface area contributed by atoms with E-state index < -0.39 is 0 Å². The molecule has 2 heteroatoms. The number of hydrogen-bond acceptors (Lipinski definition) is 0. The zero-order valence-corrected chi connectivity index (χ0v) is 9.31. The minimum atomic E-state index is 1.23. The van der Waals surface area contributed by atoms with Gasteiger partial charge in [0.2, 0.25) is 0 Å². The lowest BCUT2D eigenvalue weighted by Crippen LogP contribution is -1.67. The molecule has 2 heterocycles. The lowest BCUT2D eigenvalue weighted by molar-refractivity contribution is 1.19. The van der Waals surface area contributed by atoms with E-state index in [1.807, 2.05) is 27.0 Å². The summed E-state index contributed by atoms with van der Waals surface area (Å²) in [5.74, 6) is 0. The largest absolute Gasteiger partial charge is 0.365 e. The highest BCUT2D eigenvalue weighted by Gasteiger charge is 1.83. The molecule has 0 aliphatic carbocycles. The maximum Gasteiger partial charge on any atom is 0.0118 e. The molecule has 2 rings (SSSR count). The van der Waals surface area contributed by atoms with Gasteiger partial charge in [-0.15, -0.1) is 0 Å². The van der Waals surface area contributed by atoms with Crippen LogP contribution in [-0.2, 0) is 0 Å². The Balaban J connectivity index is 0.000000140. The fraction of sp³-hybridized carbons (Fsp3) is 0.333.